The van der Waals surface area contributed by atoms with Gasteiger partial charge >= 0.3 is 0 Å². The average Bonchev–Trinajstić information content (AvgIpc) is 2.83. The fourth-order valence-electron chi connectivity index (χ4n) is 4.17. The van der Waals surface area contributed by atoms with Crippen LogP contribution >= 0.6 is 0 Å². The smallest absolute Gasteiger partial charge is 0.00320 e. The van der Waals surface area contributed by atoms with Crippen molar-refractivity contribution in [1.29, 1.82) is 0 Å². The standard InChI is InChI=1S/C18H27N/c1-14(2)15-6-8-16(9-7-15)17-12-19-13-18(17)10-4-3-5-11-18/h6-9,14,17,19H,3-5,10-13H2,1-2H3. The molecule has 1 saturated heterocycles. The first kappa shape index (κ1) is 13.2. The van der Waals surface area contributed by atoms with Crippen molar-refractivity contribution in [1.82, 2.24) is 5.32 Å². The summed E-state index contributed by atoms with van der Waals surface area (Å²) in [6.07, 6.45) is 7.17. The number of nitrogens with one attached hydrogen (secondary N) is 1. The van der Waals surface area contributed by atoms with Gasteiger partial charge in [-0.1, -0.05) is 57.4 Å². The third-order valence-electron chi connectivity index (χ3n) is 5.42. The lowest BCUT2D eigenvalue weighted by Gasteiger charge is -2.38. The Morgan fingerprint density at radius 3 is 2.37 bits per heavy atom. The van der Waals surface area contributed by atoms with Crippen molar-refractivity contribution in [3.8, 4) is 0 Å². The third-order valence-corrected chi connectivity index (χ3v) is 5.42. The quantitative estimate of drug-likeness (QED) is 0.825. The van der Waals surface area contributed by atoms with E-state index in [1.165, 1.54) is 50.8 Å². The third kappa shape index (κ3) is 2.45. The van der Waals surface area contributed by atoms with Gasteiger partial charge in [0.15, 0.2) is 0 Å². The summed E-state index contributed by atoms with van der Waals surface area (Å²) >= 11 is 0. The highest BCUT2D eigenvalue weighted by Crippen LogP contribution is 2.49. The van der Waals surface area contributed by atoms with Gasteiger partial charge < -0.3 is 5.32 Å². The van der Waals surface area contributed by atoms with E-state index >= 15 is 0 Å². The molecule has 2 aliphatic rings. The summed E-state index contributed by atoms with van der Waals surface area (Å²) in [5.74, 6) is 1.38. The van der Waals surface area contributed by atoms with E-state index < -0.39 is 0 Å². The van der Waals surface area contributed by atoms with Crippen molar-refractivity contribution in [2.24, 2.45) is 5.41 Å². The Labute approximate surface area is 117 Å². The molecule has 0 aromatic heterocycles. The highest BCUT2D eigenvalue weighted by molar-refractivity contribution is 5.30. The lowest BCUT2D eigenvalue weighted by atomic mass is 9.65. The zero-order chi connectivity index (χ0) is 13.3. The van der Waals surface area contributed by atoms with Gasteiger partial charge in [0.1, 0.15) is 0 Å². The van der Waals surface area contributed by atoms with Crippen molar-refractivity contribution in [3.63, 3.8) is 0 Å². The Bertz CT molecular complexity index is 412. The second-order valence-electron chi connectivity index (χ2n) is 6.93. The van der Waals surface area contributed by atoms with Crippen LogP contribution in [0.4, 0.5) is 0 Å². The Morgan fingerprint density at radius 1 is 1.05 bits per heavy atom. The molecule has 1 N–H and O–H groups in total. The molecule has 1 spiro atoms. The van der Waals surface area contributed by atoms with Gasteiger partial charge in [0.2, 0.25) is 0 Å². The molecule has 1 heteroatoms. The molecule has 1 aliphatic heterocycles. The van der Waals surface area contributed by atoms with Gasteiger partial charge in [-0.15, -0.1) is 0 Å². The Balaban J connectivity index is 1.84. The molecule has 1 aromatic carbocycles. The first-order valence-corrected chi connectivity index (χ1v) is 8.02. The van der Waals surface area contributed by atoms with Gasteiger partial charge in [0.05, 0.1) is 0 Å². The first-order valence-electron chi connectivity index (χ1n) is 8.02. The monoisotopic (exact) mass is 257 g/mol. The van der Waals surface area contributed by atoms with E-state index in [0.29, 0.717) is 11.3 Å². The van der Waals surface area contributed by atoms with E-state index in [1.54, 1.807) is 5.56 Å². The Kier molecular flexibility index (Phi) is 3.66. The van der Waals surface area contributed by atoms with E-state index in [9.17, 15) is 0 Å². The van der Waals surface area contributed by atoms with Crippen molar-refractivity contribution in [2.75, 3.05) is 13.1 Å². The maximum Gasteiger partial charge on any atom is 0.00320 e. The second kappa shape index (κ2) is 5.28. The van der Waals surface area contributed by atoms with Crippen molar-refractivity contribution in [2.45, 2.75) is 57.8 Å². The SMILES string of the molecule is CC(C)c1ccc(C2CNCC23CCCCC3)cc1. The van der Waals surface area contributed by atoms with Crippen LogP contribution in [0.3, 0.4) is 0 Å². The molecule has 2 fully saturated rings. The van der Waals surface area contributed by atoms with Gasteiger partial charge in [-0.2, -0.15) is 0 Å². The molecular weight excluding hydrogens is 230 g/mol. The molecule has 0 bridgehead atoms. The molecule has 0 amide bonds. The molecule has 19 heavy (non-hydrogen) atoms. The normalized spacial score (nSPS) is 26.2. The van der Waals surface area contributed by atoms with Gasteiger partial charge in [-0.3, -0.25) is 0 Å². The van der Waals surface area contributed by atoms with E-state index in [1.807, 2.05) is 0 Å². The second-order valence-corrected chi connectivity index (χ2v) is 6.93. The highest BCUT2D eigenvalue weighted by atomic mass is 14.9. The molecule has 1 unspecified atom stereocenters. The molecule has 1 heterocycles. The molecule has 0 radical (unpaired) electrons. The maximum absolute atomic E-state index is 3.67. The average molecular weight is 257 g/mol. The minimum Gasteiger partial charge on any atom is -0.316 e. The molecule has 1 aliphatic carbocycles. The van der Waals surface area contributed by atoms with Crippen LogP contribution in [-0.2, 0) is 0 Å². The fraction of sp³-hybridized carbons (Fsp3) is 0.667. The minimum absolute atomic E-state index is 0.567. The van der Waals surface area contributed by atoms with E-state index in [4.69, 9.17) is 0 Å². The molecule has 104 valence electrons. The van der Waals surface area contributed by atoms with E-state index in [0.717, 1.165) is 5.92 Å². The minimum atomic E-state index is 0.567. The van der Waals surface area contributed by atoms with Crippen molar-refractivity contribution in [3.05, 3.63) is 35.4 Å². The van der Waals surface area contributed by atoms with Crippen LogP contribution in [0, 0.1) is 5.41 Å². The lowest BCUT2D eigenvalue weighted by molar-refractivity contribution is 0.189. The molecule has 3 rings (SSSR count). The zero-order valence-corrected chi connectivity index (χ0v) is 12.4. The summed E-state index contributed by atoms with van der Waals surface area (Å²) < 4.78 is 0. The Hall–Kier alpha value is -0.820. The predicted octanol–water partition coefficient (Wildman–Crippen LogP) is 4.45. The van der Waals surface area contributed by atoms with Gasteiger partial charge in [0.25, 0.3) is 0 Å². The summed E-state index contributed by atoms with van der Waals surface area (Å²) in [7, 11) is 0. The van der Waals surface area contributed by atoms with Gasteiger partial charge in [0, 0.05) is 19.0 Å². The molecular formula is C18H27N. The zero-order valence-electron chi connectivity index (χ0n) is 12.4. The summed E-state index contributed by atoms with van der Waals surface area (Å²) in [5, 5.41) is 3.67. The topological polar surface area (TPSA) is 12.0 Å². The summed E-state index contributed by atoms with van der Waals surface area (Å²) in [4.78, 5) is 0. The summed E-state index contributed by atoms with van der Waals surface area (Å²) in [5.41, 5.74) is 3.60. The van der Waals surface area contributed by atoms with Gasteiger partial charge in [-0.05, 0) is 35.3 Å². The number of rotatable bonds is 2. The van der Waals surface area contributed by atoms with Crippen LogP contribution in [0.15, 0.2) is 24.3 Å². The van der Waals surface area contributed by atoms with Crippen LogP contribution < -0.4 is 5.32 Å². The van der Waals surface area contributed by atoms with Crippen molar-refractivity contribution >= 4 is 0 Å². The van der Waals surface area contributed by atoms with E-state index in [-0.39, 0.29) is 0 Å². The van der Waals surface area contributed by atoms with Crippen molar-refractivity contribution < 1.29 is 0 Å². The summed E-state index contributed by atoms with van der Waals surface area (Å²) in [6.45, 7) is 6.97. The van der Waals surface area contributed by atoms with E-state index in [2.05, 4.69) is 43.4 Å². The first-order chi connectivity index (χ1) is 9.21. The van der Waals surface area contributed by atoms with Gasteiger partial charge in [-0.25, -0.2) is 0 Å². The largest absolute Gasteiger partial charge is 0.316 e. The van der Waals surface area contributed by atoms with Crippen LogP contribution in [-0.4, -0.2) is 13.1 Å². The predicted molar refractivity (Wildman–Crippen MR) is 81.7 cm³/mol. The van der Waals surface area contributed by atoms with Crippen LogP contribution in [0.5, 0.6) is 0 Å². The number of hydrogen-bond donors (Lipinski definition) is 1. The van der Waals surface area contributed by atoms with Crippen LogP contribution in [0.25, 0.3) is 0 Å². The number of benzene rings is 1. The van der Waals surface area contributed by atoms with Crippen LogP contribution in [0.2, 0.25) is 0 Å². The van der Waals surface area contributed by atoms with Crippen LogP contribution in [0.1, 0.15) is 68.9 Å². The lowest BCUT2D eigenvalue weighted by Crippen LogP contribution is -2.31. The molecule has 1 nitrogen and oxygen atoms in total. The molecule has 1 atom stereocenters. The molecule has 1 saturated carbocycles. The fourth-order valence-corrected chi connectivity index (χ4v) is 4.17. The Morgan fingerprint density at radius 2 is 1.74 bits per heavy atom. The maximum atomic E-state index is 3.67. The summed E-state index contributed by atoms with van der Waals surface area (Å²) in [6, 6.07) is 9.47. The highest BCUT2D eigenvalue weighted by Gasteiger charge is 2.43. The molecule has 1 aromatic rings. The number of hydrogen-bond acceptors (Lipinski definition) is 1.